The van der Waals surface area contributed by atoms with Crippen molar-refractivity contribution in [2.45, 2.75) is 24.8 Å². The Hall–Kier alpha value is -1.43. The molecule has 0 bridgehead atoms. The quantitative estimate of drug-likeness (QED) is 0.871. The van der Waals surface area contributed by atoms with Crippen LogP contribution in [0.1, 0.15) is 30.5 Å². The van der Waals surface area contributed by atoms with Crippen LogP contribution in [0.15, 0.2) is 29.3 Å². The molecule has 2 aliphatic rings. The number of anilines is 1. The SMILES string of the molecule is Brc1cnn(C2CN(c3cc(C4CC4)ncn3)C2)c1. The highest BCUT2D eigenvalue weighted by atomic mass is 79.9. The van der Waals surface area contributed by atoms with Crippen LogP contribution >= 0.6 is 15.9 Å². The molecular weight excluding hydrogens is 306 g/mol. The molecule has 5 nitrogen and oxygen atoms in total. The third kappa shape index (κ3) is 2.14. The van der Waals surface area contributed by atoms with Crippen molar-refractivity contribution in [3.63, 3.8) is 0 Å². The van der Waals surface area contributed by atoms with Crippen LogP contribution in [-0.4, -0.2) is 32.8 Å². The van der Waals surface area contributed by atoms with Crippen molar-refractivity contribution < 1.29 is 0 Å². The molecule has 0 N–H and O–H groups in total. The third-order valence-electron chi connectivity index (χ3n) is 3.80. The normalized spacial score (nSPS) is 19.5. The number of aromatic nitrogens is 4. The summed E-state index contributed by atoms with van der Waals surface area (Å²) in [5, 5.41) is 4.33. The maximum atomic E-state index is 4.38. The van der Waals surface area contributed by atoms with Gasteiger partial charge in [-0.2, -0.15) is 5.10 Å². The molecule has 0 aromatic carbocycles. The van der Waals surface area contributed by atoms with Crippen molar-refractivity contribution in [3.8, 4) is 0 Å². The first-order valence-electron chi connectivity index (χ1n) is 6.56. The lowest BCUT2D eigenvalue weighted by Gasteiger charge is -2.40. The van der Waals surface area contributed by atoms with Gasteiger partial charge in [0.1, 0.15) is 12.1 Å². The minimum absolute atomic E-state index is 0.450. The summed E-state index contributed by atoms with van der Waals surface area (Å²) in [5.41, 5.74) is 1.20. The predicted octanol–water partition coefficient (Wildman–Crippen LogP) is 2.37. The summed E-state index contributed by atoms with van der Waals surface area (Å²) in [7, 11) is 0. The molecule has 2 aromatic heterocycles. The second-order valence-corrected chi connectivity index (χ2v) is 6.19. The summed E-state index contributed by atoms with van der Waals surface area (Å²) in [6.45, 7) is 1.94. The molecule has 98 valence electrons. The third-order valence-corrected chi connectivity index (χ3v) is 4.21. The van der Waals surface area contributed by atoms with Crippen LogP contribution < -0.4 is 4.90 Å². The van der Waals surface area contributed by atoms with Gasteiger partial charge in [0.05, 0.1) is 16.7 Å². The van der Waals surface area contributed by atoms with Gasteiger partial charge in [0.15, 0.2) is 0 Å². The summed E-state index contributed by atoms with van der Waals surface area (Å²) in [6, 6.07) is 2.60. The Labute approximate surface area is 119 Å². The molecule has 0 spiro atoms. The van der Waals surface area contributed by atoms with E-state index in [1.807, 2.05) is 17.1 Å². The van der Waals surface area contributed by atoms with Crippen LogP contribution in [0.3, 0.4) is 0 Å². The van der Waals surface area contributed by atoms with Gasteiger partial charge in [0.2, 0.25) is 0 Å². The van der Waals surface area contributed by atoms with Gasteiger partial charge >= 0.3 is 0 Å². The van der Waals surface area contributed by atoms with Crippen LogP contribution in [0.2, 0.25) is 0 Å². The zero-order valence-electron chi connectivity index (χ0n) is 10.4. The molecule has 4 rings (SSSR count). The number of hydrogen-bond acceptors (Lipinski definition) is 4. The van der Waals surface area contributed by atoms with E-state index in [-0.39, 0.29) is 0 Å². The molecule has 1 saturated carbocycles. The van der Waals surface area contributed by atoms with Crippen LogP contribution in [-0.2, 0) is 0 Å². The maximum absolute atomic E-state index is 4.38. The molecule has 1 aliphatic carbocycles. The van der Waals surface area contributed by atoms with E-state index in [9.17, 15) is 0 Å². The highest BCUT2D eigenvalue weighted by molar-refractivity contribution is 9.10. The van der Waals surface area contributed by atoms with Crippen molar-refractivity contribution >= 4 is 21.7 Å². The Morgan fingerprint density at radius 2 is 2.05 bits per heavy atom. The van der Waals surface area contributed by atoms with Gasteiger partial charge in [0.25, 0.3) is 0 Å². The molecule has 2 fully saturated rings. The van der Waals surface area contributed by atoms with Crippen LogP contribution in [0.4, 0.5) is 5.82 Å². The monoisotopic (exact) mass is 319 g/mol. The van der Waals surface area contributed by atoms with Crippen LogP contribution in [0.5, 0.6) is 0 Å². The van der Waals surface area contributed by atoms with Gasteiger partial charge in [-0.3, -0.25) is 4.68 Å². The smallest absolute Gasteiger partial charge is 0.132 e. The van der Waals surface area contributed by atoms with Crippen molar-refractivity contribution in [1.82, 2.24) is 19.7 Å². The summed E-state index contributed by atoms with van der Waals surface area (Å²) >= 11 is 3.43. The summed E-state index contributed by atoms with van der Waals surface area (Å²) < 4.78 is 3.05. The molecule has 2 aromatic rings. The topological polar surface area (TPSA) is 46.8 Å². The summed E-state index contributed by atoms with van der Waals surface area (Å²) in [6.07, 6.45) is 8.11. The average Bonchev–Trinajstić information content (AvgIpc) is 3.12. The van der Waals surface area contributed by atoms with Gasteiger partial charge in [-0.1, -0.05) is 0 Å². The summed E-state index contributed by atoms with van der Waals surface area (Å²) in [4.78, 5) is 11.0. The Kier molecular flexibility index (Phi) is 2.58. The second-order valence-electron chi connectivity index (χ2n) is 5.27. The minimum atomic E-state index is 0.450. The molecule has 0 unspecified atom stereocenters. The van der Waals surface area contributed by atoms with Gasteiger partial charge in [-0.25, -0.2) is 9.97 Å². The number of nitrogens with zero attached hydrogens (tertiary/aromatic N) is 5. The molecule has 0 amide bonds. The largest absolute Gasteiger partial charge is 0.352 e. The number of hydrogen-bond donors (Lipinski definition) is 0. The van der Waals surface area contributed by atoms with E-state index in [2.05, 4.69) is 42.0 Å². The van der Waals surface area contributed by atoms with Crippen molar-refractivity contribution in [2.75, 3.05) is 18.0 Å². The summed E-state index contributed by atoms with van der Waals surface area (Å²) in [5.74, 6) is 1.74. The predicted molar refractivity (Wildman–Crippen MR) is 75.2 cm³/mol. The highest BCUT2D eigenvalue weighted by Crippen LogP contribution is 2.40. The zero-order valence-corrected chi connectivity index (χ0v) is 12.0. The Balaban J connectivity index is 1.46. The molecule has 19 heavy (non-hydrogen) atoms. The van der Waals surface area contributed by atoms with Gasteiger partial charge in [-0.05, 0) is 28.8 Å². The molecule has 3 heterocycles. The first kappa shape index (κ1) is 11.4. The fourth-order valence-corrected chi connectivity index (χ4v) is 2.76. The van der Waals surface area contributed by atoms with E-state index >= 15 is 0 Å². The van der Waals surface area contributed by atoms with Gasteiger partial charge in [-0.15, -0.1) is 0 Å². The van der Waals surface area contributed by atoms with Gasteiger partial charge in [0, 0.05) is 37.0 Å². The van der Waals surface area contributed by atoms with Crippen LogP contribution in [0.25, 0.3) is 0 Å². The lowest BCUT2D eigenvalue weighted by Crippen LogP contribution is -2.48. The van der Waals surface area contributed by atoms with E-state index in [1.165, 1.54) is 18.5 Å². The second kappa shape index (κ2) is 4.30. The van der Waals surface area contributed by atoms with Crippen molar-refractivity contribution in [1.29, 1.82) is 0 Å². The first-order valence-corrected chi connectivity index (χ1v) is 7.35. The lowest BCUT2D eigenvalue weighted by molar-refractivity contribution is 0.365. The Morgan fingerprint density at radius 1 is 1.21 bits per heavy atom. The molecule has 1 aliphatic heterocycles. The van der Waals surface area contributed by atoms with E-state index in [4.69, 9.17) is 0 Å². The highest BCUT2D eigenvalue weighted by Gasteiger charge is 2.31. The maximum Gasteiger partial charge on any atom is 0.132 e. The van der Waals surface area contributed by atoms with Gasteiger partial charge < -0.3 is 4.90 Å². The first-order chi connectivity index (χ1) is 9.29. The van der Waals surface area contributed by atoms with Crippen LogP contribution in [0, 0.1) is 0 Å². The Morgan fingerprint density at radius 3 is 2.74 bits per heavy atom. The van der Waals surface area contributed by atoms with E-state index < -0.39 is 0 Å². The standard InChI is InChI=1S/C13H14BrN5/c14-10-4-17-19(5-10)11-6-18(7-11)13-3-12(9-1-2-9)15-8-16-13/h3-5,8-9,11H,1-2,6-7H2. The van der Waals surface area contributed by atoms with E-state index in [0.29, 0.717) is 12.0 Å². The fraction of sp³-hybridized carbons (Fsp3) is 0.462. The van der Waals surface area contributed by atoms with Crippen molar-refractivity contribution in [2.24, 2.45) is 0 Å². The molecule has 0 atom stereocenters. The molecule has 1 saturated heterocycles. The van der Waals surface area contributed by atoms with E-state index in [0.717, 1.165) is 23.4 Å². The molecule has 0 radical (unpaired) electrons. The van der Waals surface area contributed by atoms with Crippen molar-refractivity contribution in [3.05, 3.63) is 35.0 Å². The zero-order chi connectivity index (χ0) is 12.8. The Bertz CT molecular complexity index is 601. The lowest BCUT2D eigenvalue weighted by atomic mass is 10.1. The number of halogens is 1. The molecular formula is C13H14BrN5. The fourth-order valence-electron chi connectivity index (χ4n) is 2.46. The number of rotatable bonds is 3. The average molecular weight is 320 g/mol. The molecule has 6 heteroatoms. The minimum Gasteiger partial charge on any atom is -0.352 e. The van der Waals surface area contributed by atoms with E-state index in [1.54, 1.807) is 6.33 Å².